The fourth-order valence-corrected chi connectivity index (χ4v) is 1.51. The van der Waals surface area contributed by atoms with Crippen LogP contribution < -0.4 is 0 Å². The van der Waals surface area contributed by atoms with Crippen LogP contribution in [0.3, 0.4) is 0 Å². The first-order chi connectivity index (χ1) is 5.51. The zero-order chi connectivity index (χ0) is 9.19. The number of nitrogens with zero attached hydrogens (tertiary/aromatic N) is 1. The van der Waals surface area contributed by atoms with E-state index in [1.807, 2.05) is 6.08 Å². The average Bonchev–Trinajstić information content (AvgIpc) is 2.10. The highest BCUT2D eigenvalue weighted by atomic mass is 35.5. The molecule has 0 atom stereocenters. The summed E-state index contributed by atoms with van der Waals surface area (Å²) in [6, 6.07) is 0. The molecule has 1 heterocycles. The zero-order valence-electron chi connectivity index (χ0n) is 7.51. The maximum Gasteiger partial charge on any atom is 0.316 e. The summed E-state index contributed by atoms with van der Waals surface area (Å²) in [7, 11) is 0. The minimum absolute atomic E-state index is 0.150. The number of amides is 1. The van der Waals surface area contributed by atoms with E-state index < -0.39 is 0 Å². The summed E-state index contributed by atoms with van der Waals surface area (Å²) in [5, 5.41) is -0.352. The second kappa shape index (κ2) is 3.48. The van der Waals surface area contributed by atoms with E-state index in [-0.39, 0.29) is 10.8 Å². The number of rotatable bonds is 0. The Labute approximate surface area is 78.2 Å². The van der Waals surface area contributed by atoms with Crippen LogP contribution in [0.25, 0.3) is 0 Å². The molecule has 0 fully saturated rings. The summed E-state index contributed by atoms with van der Waals surface area (Å²) in [5.74, 6) is 0. The molecule has 1 rings (SSSR count). The number of carbonyl (C=O) groups excluding carboxylic acids is 1. The molecule has 0 unspecified atom stereocenters. The Morgan fingerprint density at radius 2 is 2.17 bits per heavy atom. The van der Waals surface area contributed by atoms with E-state index in [2.05, 4.69) is 19.9 Å². The molecule has 0 aliphatic carbocycles. The van der Waals surface area contributed by atoms with E-state index in [4.69, 9.17) is 11.6 Å². The van der Waals surface area contributed by atoms with Crippen LogP contribution in [0.2, 0.25) is 0 Å². The maximum atomic E-state index is 10.9. The highest BCUT2D eigenvalue weighted by Crippen LogP contribution is 2.25. The third-order valence-electron chi connectivity index (χ3n) is 2.03. The summed E-state index contributed by atoms with van der Waals surface area (Å²) in [5.41, 5.74) is 0.150. The van der Waals surface area contributed by atoms with Gasteiger partial charge in [0, 0.05) is 13.1 Å². The molecule has 68 valence electrons. The molecular formula is C9H14ClNO. The topological polar surface area (TPSA) is 20.3 Å². The van der Waals surface area contributed by atoms with Gasteiger partial charge in [-0.2, -0.15) is 0 Å². The molecule has 0 aromatic heterocycles. The molecule has 1 aliphatic rings. The average molecular weight is 188 g/mol. The van der Waals surface area contributed by atoms with Crippen molar-refractivity contribution < 1.29 is 4.79 Å². The molecule has 0 aromatic carbocycles. The van der Waals surface area contributed by atoms with Crippen LogP contribution in [-0.2, 0) is 0 Å². The van der Waals surface area contributed by atoms with Gasteiger partial charge in [-0.25, -0.2) is 0 Å². The summed E-state index contributed by atoms with van der Waals surface area (Å²) in [6.07, 6.45) is 5.11. The molecule has 0 spiro atoms. The number of halogens is 1. The maximum absolute atomic E-state index is 10.9. The van der Waals surface area contributed by atoms with Crippen LogP contribution in [0, 0.1) is 5.41 Å². The van der Waals surface area contributed by atoms with Crippen molar-refractivity contribution in [2.75, 3.05) is 13.1 Å². The van der Waals surface area contributed by atoms with E-state index in [1.165, 1.54) is 0 Å². The van der Waals surface area contributed by atoms with E-state index >= 15 is 0 Å². The Balaban J connectivity index is 2.68. The van der Waals surface area contributed by atoms with Gasteiger partial charge in [0.2, 0.25) is 0 Å². The lowest BCUT2D eigenvalue weighted by molar-refractivity contribution is 0.200. The first kappa shape index (κ1) is 9.59. The number of allylic oxidation sites excluding steroid dienone is 1. The van der Waals surface area contributed by atoms with Crippen LogP contribution in [-0.4, -0.2) is 23.4 Å². The molecule has 0 N–H and O–H groups in total. The number of hydrogen-bond acceptors (Lipinski definition) is 1. The highest BCUT2D eigenvalue weighted by molar-refractivity contribution is 6.62. The van der Waals surface area contributed by atoms with Gasteiger partial charge < -0.3 is 4.90 Å². The van der Waals surface area contributed by atoms with Gasteiger partial charge in [0.15, 0.2) is 0 Å². The van der Waals surface area contributed by atoms with Gasteiger partial charge in [0.1, 0.15) is 0 Å². The lowest BCUT2D eigenvalue weighted by Crippen LogP contribution is -2.34. The van der Waals surface area contributed by atoms with Crippen molar-refractivity contribution in [3.63, 3.8) is 0 Å². The van der Waals surface area contributed by atoms with Crippen LogP contribution in [0.1, 0.15) is 20.3 Å². The molecule has 0 saturated heterocycles. The van der Waals surface area contributed by atoms with Crippen molar-refractivity contribution >= 4 is 17.0 Å². The predicted octanol–water partition coefficient (Wildman–Crippen LogP) is 2.63. The Kier molecular flexibility index (Phi) is 2.78. The van der Waals surface area contributed by atoms with Crippen LogP contribution in [0.15, 0.2) is 12.2 Å². The Morgan fingerprint density at radius 1 is 1.50 bits per heavy atom. The largest absolute Gasteiger partial charge is 0.325 e. The van der Waals surface area contributed by atoms with Gasteiger partial charge in [-0.3, -0.25) is 4.79 Å². The van der Waals surface area contributed by atoms with E-state index in [9.17, 15) is 4.79 Å². The van der Waals surface area contributed by atoms with Crippen LogP contribution in [0.5, 0.6) is 0 Å². The lowest BCUT2D eigenvalue weighted by Gasteiger charge is -2.27. The molecule has 12 heavy (non-hydrogen) atoms. The SMILES string of the molecule is CC1(C)CC=CCN(C(=O)Cl)C1. The van der Waals surface area contributed by atoms with Crippen molar-refractivity contribution in [2.24, 2.45) is 5.41 Å². The summed E-state index contributed by atoms with van der Waals surface area (Å²) < 4.78 is 0. The first-order valence-corrected chi connectivity index (χ1v) is 4.48. The van der Waals surface area contributed by atoms with Gasteiger partial charge in [-0.15, -0.1) is 0 Å². The molecule has 0 saturated carbocycles. The summed E-state index contributed by atoms with van der Waals surface area (Å²) in [6.45, 7) is 5.65. The smallest absolute Gasteiger partial charge is 0.316 e. The van der Waals surface area contributed by atoms with Crippen molar-refractivity contribution in [3.8, 4) is 0 Å². The van der Waals surface area contributed by atoms with E-state index in [0.29, 0.717) is 6.54 Å². The summed E-state index contributed by atoms with van der Waals surface area (Å²) in [4.78, 5) is 12.6. The second-order valence-electron chi connectivity index (χ2n) is 3.97. The fraction of sp³-hybridized carbons (Fsp3) is 0.667. The number of carbonyl (C=O) groups is 1. The van der Waals surface area contributed by atoms with Crippen molar-refractivity contribution in [2.45, 2.75) is 20.3 Å². The molecule has 0 radical (unpaired) electrons. The Bertz CT molecular complexity index is 211. The van der Waals surface area contributed by atoms with Crippen LogP contribution >= 0.6 is 11.6 Å². The minimum Gasteiger partial charge on any atom is -0.325 e. The second-order valence-corrected chi connectivity index (χ2v) is 4.30. The quantitative estimate of drug-likeness (QED) is 0.324. The van der Waals surface area contributed by atoms with Crippen molar-refractivity contribution in [1.82, 2.24) is 4.90 Å². The molecule has 0 aromatic rings. The normalized spacial score (nSPS) is 22.1. The number of hydrogen-bond donors (Lipinski definition) is 0. The van der Waals surface area contributed by atoms with Gasteiger partial charge in [-0.1, -0.05) is 26.0 Å². The van der Waals surface area contributed by atoms with Gasteiger partial charge in [0.05, 0.1) is 0 Å². The molecule has 3 heteroatoms. The van der Waals surface area contributed by atoms with E-state index in [0.717, 1.165) is 13.0 Å². The van der Waals surface area contributed by atoms with Gasteiger partial charge in [-0.05, 0) is 23.4 Å². The fourth-order valence-electron chi connectivity index (χ4n) is 1.38. The van der Waals surface area contributed by atoms with Crippen molar-refractivity contribution in [1.29, 1.82) is 0 Å². The van der Waals surface area contributed by atoms with Crippen LogP contribution in [0.4, 0.5) is 4.79 Å². The van der Waals surface area contributed by atoms with E-state index in [1.54, 1.807) is 4.90 Å². The van der Waals surface area contributed by atoms with Crippen molar-refractivity contribution in [3.05, 3.63) is 12.2 Å². The molecule has 0 bridgehead atoms. The Morgan fingerprint density at radius 3 is 2.75 bits per heavy atom. The molecule has 2 nitrogen and oxygen atoms in total. The third-order valence-corrected chi connectivity index (χ3v) is 2.27. The van der Waals surface area contributed by atoms with Gasteiger partial charge in [0.25, 0.3) is 0 Å². The molecule has 1 aliphatic heterocycles. The van der Waals surface area contributed by atoms with Gasteiger partial charge >= 0.3 is 5.37 Å². The zero-order valence-corrected chi connectivity index (χ0v) is 8.27. The molecule has 1 amide bonds. The minimum atomic E-state index is -0.352. The monoisotopic (exact) mass is 187 g/mol. The summed E-state index contributed by atoms with van der Waals surface area (Å²) >= 11 is 5.41. The third kappa shape index (κ3) is 2.52. The molecular weight excluding hydrogens is 174 g/mol. The standard InChI is InChI=1S/C9H14ClNO/c1-9(2)5-3-4-6-11(7-9)8(10)12/h3-4H,5-7H2,1-2H3. The Hall–Kier alpha value is -0.500. The highest BCUT2D eigenvalue weighted by Gasteiger charge is 2.24. The predicted molar refractivity (Wildman–Crippen MR) is 50.4 cm³/mol. The first-order valence-electron chi connectivity index (χ1n) is 4.11. The lowest BCUT2D eigenvalue weighted by atomic mass is 9.89.